The molecule has 0 aliphatic heterocycles. The fourth-order valence-electron chi connectivity index (χ4n) is 7.58. The highest BCUT2D eigenvalue weighted by Crippen LogP contribution is 2.45. The molecule has 0 aliphatic carbocycles. The highest BCUT2D eigenvalue weighted by molar-refractivity contribution is 7.25. The Morgan fingerprint density at radius 1 is 0.308 bits per heavy atom. The van der Waals surface area contributed by atoms with Gasteiger partial charge in [0.1, 0.15) is 0 Å². The van der Waals surface area contributed by atoms with Gasteiger partial charge in [0.05, 0.1) is 5.69 Å². The monoisotopic (exact) mass is 679 g/mol. The summed E-state index contributed by atoms with van der Waals surface area (Å²) in [6, 6.07) is 73.2. The van der Waals surface area contributed by atoms with Crippen molar-refractivity contribution in [3.8, 4) is 33.4 Å². The number of fused-ring (bicyclic) bond motifs is 5. The number of anilines is 3. The molecule has 0 saturated carbocycles. The summed E-state index contributed by atoms with van der Waals surface area (Å²) in [4.78, 5) is 2.45. The first-order chi connectivity index (χ1) is 25.7. The molecule has 0 saturated heterocycles. The van der Waals surface area contributed by atoms with E-state index in [9.17, 15) is 0 Å². The Bertz CT molecular complexity index is 2900. The zero-order chi connectivity index (χ0) is 34.4. The Kier molecular flexibility index (Phi) is 7.41. The molecule has 0 radical (unpaired) electrons. The first-order valence-corrected chi connectivity index (χ1v) is 18.6. The summed E-state index contributed by atoms with van der Waals surface area (Å²) in [6.07, 6.45) is 0. The second-order valence-corrected chi connectivity index (χ2v) is 14.5. The van der Waals surface area contributed by atoms with E-state index in [1.165, 1.54) is 75.1 Å². The highest BCUT2D eigenvalue weighted by Gasteiger charge is 2.20. The molecule has 1 heterocycles. The fraction of sp³-hybridized carbons (Fsp3) is 0. The zero-order valence-electron chi connectivity index (χ0n) is 28.4. The summed E-state index contributed by atoms with van der Waals surface area (Å²) in [5, 5.41) is 7.57. The molecule has 0 unspecified atom stereocenters. The molecule has 52 heavy (non-hydrogen) atoms. The molecule has 10 aromatic rings. The van der Waals surface area contributed by atoms with Crippen molar-refractivity contribution < 1.29 is 0 Å². The molecule has 0 aliphatic rings. The number of hydrogen-bond donors (Lipinski definition) is 0. The molecule has 0 amide bonds. The predicted octanol–water partition coefficient (Wildman–Crippen LogP) is 14.8. The van der Waals surface area contributed by atoms with E-state index in [-0.39, 0.29) is 0 Å². The van der Waals surface area contributed by atoms with Crippen LogP contribution >= 0.6 is 11.3 Å². The molecule has 0 N–H and O–H groups in total. The van der Waals surface area contributed by atoms with Crippen molar-refractivity contribution >= 4 is 70.1 Å². The van der Waals surface area contributed by atoms with Gasteiger partial charge in [-0.05, 0) is 104 Å². The van der Waals surface area contributed by atoms with Gasteiger partial charge in [-0.2, -0.15) is 0 Å². The van der Waals surface area contributed by atoms with Crippen LogP contribution in [0.3, 0.4) is 0 Å². The largest absolute Gasteiger partial charge is 0.310 e. The summed E-state index contributed by atoms with van der Waals surface area (Å²) >= 11 is 1.86. The Labute approximate surface area is 307 Å². The van der Waals surface area contributed by atoms with Gasteiger partial charge in [0, 0.05) is 37.1 Å². The third kappa shape index (κ3) is 5.42. The van der Waals surface area contributed by atoms with Gasteiger partial charge < -0.3 is 4.90 Å². The van der Waals surface area contributed by atoms with E-state index >= 15 is 0 Å². The van der Waals surface area contributed by atoms with Gasteiger partial charge in [-0.1, -0.05) is 146 Å². The smallest absolute Gasteiger partial charge is 0.0546 e. The summed E-state index contributed by atoms with van der Waals surface area (Å²) < 4.78 is 2.61. The van der Waals surface area contributed by atoms with Crippen LogP contribution in [0.15, 0.2) is 200 Å². The molecule has 0 fully saturated rings. The van der Waals surface area contributed by atoms with Crippen LogP contribution in [0.1, 0.15) is 0 Å². The maximum absolute atomic E-state index is 2.45. The van der Waals surface area contributed by atoms with Crippen molar-refractivity contribution in [3.63, 3.8) is 0 Å². The molecule has 0 bridgehead atoms. The van der Waals surface area contributed by atoms with E-state index in [0.29, 0.717) is 0 Å². The summed E-state index contributed by atoms with van der Waals surface area (Å²) in [7, 11) is 0. The predicted molar refractivity (Wildman–Crippen MR) is 225 cm³/mol. The van der Waals surface area contributed by atoms with Crippen LogP contribution in [0.4, 0.5) is 17.1 Å². The van der Waals surface area contributed by atoms with Crippen molar-refractivity contribution in [2.75, 3.05) is 4.90 Å². The van der Waals surface area contributed by atoms with E-state index in [1.807, 2.05) is 11.3 Å². The number of hydrogen-bond acceptors (Lipinski definition) is 2. The van der Waals surface area contributed by atoms with Crippen LogP contribution < -0.4 is 4.90 Å². The lowest BCUT2D eigenvalue weighted by Gasteiger charge is -2.29. The maximum atomic E-state index is 2.45. The number of rotatable bonds is 6. The lowest BCUT2D eigenvalue weighted by molar-refractivity contribution is 1.29. The summed E-state index contributed by atoms with van der Waals surface area (Å²) in [5.74, 6) is 0. The molecule has 244 valence electrons. The van der Waals surface area contributed by atoms with E-state index < -0.39 is 0 Å². The molecular formula is C50H33NS. The molecule has 1 aromatic heterocycles. The van der Waals surface area contributed by atoms with E-state index in [0.717, 1.165) is 17.1 Å². The number of nitrogens with zero attached hydrogens (tertiary/aromatic N) is 1. The topological polar surface area (TPSA) is 3.24 Å². The average molecular weight is 680 g/mol. The van der Waals surface area contributed by atoms with Crippen molar-refractivity contribution in [1.82, 2.24) is 0 Å². The second-order valence-electron chi connectivity index (χ2n) is 13.4. The lowest BCUT2D eigenvalue weighted by atomic mass is 9.95. The second kappa shape index (κ2) is 12.7. The zero-order valence-corrected chi connectivity index (χ0v) is 29.2. The van der Waals surface area contributed by atoms with Crippen LogP contribution in [0.2, 0.25) is 0 Å². The van der Waals surface area contributed by atoms with E-state index in [2.05, 4.69) is 205 Å². The van der Waals surface area contributed by atoms with E-state index in [4.69, 9.17) is 0 Å². The Balaban J connectivity index is 1.19. The third-order valence-electron chi connectivity index (χ3n) is 10.2. The van der Waals surface area contributed by atoms with E-state index in [1.54, 1.807) is 0 Å². The summed E-state index contributed by atoms with van der Waals surface area (Å²) in [6.45, 7) is 0. The quantitative estimate of drug-likeness (QED) is 0.169. The average Bonchev–Trinajstić information content (AvgIpc) is 3.59. The van der Waals surface area contributed by atoms with Crippen LogP contribution in [0, 0.1) is 0 Å². The molecular weight excluding hydrogens is 647 g/mol. The Morgan fingerprint density at radius 2 is 0.846 bits per heavy atom. The van der Waals surface area contributed by atoms with Gasteiger partial charge in [-0.25, -0.2) is 0 Å². The normalized spacial score (nSPS) is 11.5. The molecule has 9 aromatic carbocycles. The van der Waals surface area contributed by atoms with Gasteiger partial charge >= 0.3 is 0 Å². The first kappa shape index (κ1) is 30.4. The minimum atomic E-state index is 1.11. The van der Waals surface area contributed by atoms with Crippen LogP contribution in [-0.2, 0) is 0 Å². The molecule has 2 heteroatoms. The standard InChI is InChI=1S/C50H33NS/c1-2-12-37(13-3-1)45-28-24-42(41-21-19-35-11-5-7-15-39(35)31-41)32-48(45)51(44-27-29-50-47(33-44)46-16-8-9-17-49(46)52-50)43-25-22-36(23-26-43)40-20-18-34-10-4-6-14-38(34)30-40/h1-33H. The van der Waals surface area contributed by atoms with Crippen LogP contribution in [0.25, 0.3) is 75.1 Å². The SMILES string of the molecule is c1ccc(-c2ccc(-c3ccc4ccccc4c3)cc2N(c2ccc(-c3ccc4ccccc4c3)cc2)c2ccc3sc4ccccc4c3c2)cc1. The lowest BCUT2D eigenvalue weighted by Crippen LogP contribution is -2.11. The highest BCUT2D eigenvalue weighted by atomic mass is 32.1. The number of thiophene rings is 1. The Hall–Kier alpha value is -6.48. The van der Waals surface area contributed by atoms with Gasteiger partial charge in [-0.3, -0.25) is 0 Å². The summed E-state index contributed by atoms with van der Waals surface area (Å²) in [5.41, 5.74) is 10.5. The van der Waals surface area contributed by atoms with Gasteiger partial charge in [0.15, 0.2) is 0 Å². The fourth-order valence-corrected chi connectivity index (χ4v) is 8.67. The molecule has 1 nitrogen and oxygen atoms in total. The first-order valence-electron chi connectivity index (χ1n) is 17.7. The third-order valence-corrected chi connectivity index (χ3v) is 11.4. The molecule has 0 spiro atoms. The van der Waals surface area contributed by atoms with Crippen molar-refractivity contribution in [3.05, 3.63) is 200 Å². The van der Waals surface area contributed by atoms with Crippen molar-refractivity contribution in [2.45, 2.75) is 0 Å². The Morgan fingerprint density at radius 3 is 1.58 bits per heavy atom. The van der Waals surface area contributed by atoms with Gasteiger partial charge in [0.2, 0.25) is 0 Å². The van der Waals surface area contributed by atoms with Gasteiger partial charge in [-0.15, -0.1) is 11.3 Å². The van der Waals surface area contributed by atoms with Gasteiger partial charge in [0.25, 0.3) is 0 Å². The minimum absolute atomic E-state index is 1.11. The molecule has 0 atom stereocenters. The van der Waals surface area contributed by atoms with Crippen molar-refractivity contribution in [1.29, 1.82) is 0 Å². The van der Waals surface area contributed by atoms with Crippen molar-refractivity contribution in [2.24, 2.45) is 0 Å². The van der Waals surface area contributed by atoms with Crippen LogP contribution in [-0.4, -0.2) is 0 Å². The number of benzene rings is 9. The minimum Gasteiger partial charge on any atom is -0.310 e. The van der Waals surface area contributed by atoms with Crippen LogP contribution in [0.5, 0.6) is 0 Å². The maximum Gasteiger partial charge on any atom is 0.0546 e. The molecule has 10 rings (SSSR count).